The van der Waals surface area contributed by atoms with Crippen molar-refractivity contribution in [2.45, 2.75) is 83.3 Å². The largest absolute Gasteiger partial charge is 0.476 e. The van der Waals surface area contributed by atoms with E-state index in [0.29, 0.717) is 12.1 Å². The van der Waals surface area contributed by atoms with E-state index in [1.165, 1.54) is 32.1 Å². The highest BCUT2D eigenvalue weighted by Crippen LogP contribution is 2.29. The second-order valence-corrected chi connectivity index (χ2v) is 6.29. The van der Waals surface area contributed by atoms with E-state index in [0.717, 1.165) is 19.3 Å². The molecule has 0 spiro atoms. The third-order valence-corrected chi connectivity index (χ3v) is 4.52. The maximum absolute atomic E-state index is 11.0. The van der Waals surface area contributed by atoms with Gasteiger partial charge in [-0.2, -0.15) is 0 Å². The van der Waals surface area contributed by atoms with Crippen LogP contribution in [0.25, 0.3) is 0 Å². The number of nitrogens with zero attached hydrogens (tertiary/aromatic N) is 3. The molecule has 2 rings (SSSR count). The molecule has 0 radical (unpaired) electrons. The smallest absolute Gasteiger partial charge is 0.358 e. The first-order valence-corrected chi connectivity index (χ1v) is 8.56. The molecule has 1 aliphatic carbocycles. The van der Waals surface area contributed by atoms with E-state index in [-0.39, 0.29) is 11.7 Å². The summed E-state index contributed by atoms with van der Waals surface area (Å²) >= 11 is 0. The second-order valence-electron chi connectivity index (χ2n) is 6.29. The summed E-state index contributed by atoms with van der Waals surface area (Å²) in [6, 6.07) is 1.12. The standard InChI is InChI=1S/C16H28N4O2/c1-3-7-12(8-4-2)17-13-9-5-6-10-15(13)20-11-14(16(21)22)18-19-20/h11-13,15,17H,3-10H2,1-2H3,(H,21,22)/t13-,15+/m1/s1. The quantitative estimate of drug-likeness (QED) is 0.771. The summed E-state index contributed by atoms with van der Waals surface area (Å²) in [4.78, 5) is 11.0. The van der Waals surface area contributed by atoms with Crippen LogP contribution in [-0.2, 0) is 0 Å². The maximum atomic E-state index is 11.0. The van der Waals surface area contributed by atoms with E-state index in [9.17, 15) is 4.79 Å². The van der Waals surface area contributed by atoms with Crippen LogP contribution in [0.2, 0.25) is 0 Å². The Kier molecular flexibility index (Phi) is 6.36. The lowest BCUT2D eigenvalue weighted by Gasteiger charge is -2.35. The molecular formula is C16H28N4O2. The number of rotatable bonds is 8. The SMILES string of the molecule is CCCC(CCC)N[C@@H]1CCCC[C@@H]1n1cc(C(=O)O)nn1. The molecule has 1 aliphatic rings. The molecule has 0 aromatic carbocycles. The highest BCUT2D eigenvalue weighted by Gasteiger charge is 2.29. The summed E-state index contributed by atoms with van der Waals surface area (Å²) in [6.45, 7) is 4.44. The van der Waals surface area contributed by atoms with Crippen LogP contribution in [0.4, 0.5) is 0 Å². The topological polar surface area (TPSA) is 80.0 Å². The van der Waals surface area contributed by atoms with Gasteiger partial charge in [0.25, 0.3) is 0 Å². The highest BCUT2D eigenvalue weighted by molar-refractivity contribution is 5.84. The summed E-state index contributed by atoms with van der Waals surface area (Å²) in [5.74, 6) is -1.01. The number of carboxylic acid groups (broad SMARTS) is 1. The Morgan fingerprint density at radius 2 is 2.05 bits per heavy atom. The van der Waals surface area contributed by atoms with Crippen LogP contribution in [-0.4, -0.2) is 38.2 Å². The van der Waals surface area contributed by atoms with Crippen LogP contribution >= 0.6 is 0 Å². The van der Waals surface area contributed by atoms with Crippen LogP contribution in [0.1, 0.15) is 81.7 Å². The normalized spacial score (nSPS) is 22.1. The number of aromatic carboxylic acids is 1. The monoisotopic (exact) mass is 308 g/mol. The summed E-state index contributed by atoms with van der Waals surface area (Å²) in [5, 5.41) is 20.6. The number of carbonyl (C=O) groups is 1. The van der Waals surface area contributed by atoms with Crippen molar-refractivity contribution >= 4 is 5.97 Å². The van der Waals surface area contributed by atoms with Crippen molar-refractivity contribution in [3.63, 3.8) is 0 Å². The summed E-state index contributed by atoms with van der Waals surface area (Å²) < 4.78 is 1.76. The Morgan fingerprint density at radius 3 is 2.64 bits per heavy atom. The zero-order chi connectivity index (χ0) is 15.9. The maximum Gasteiger partial charge on any atom is 0.358 e. The van der Waals surface area contributed by atoms with E-state index in [1.54, 1.807) is 10.9 Å². The predicted octanol–water partition coefficient (Wildman–Crippen LogP) is 3.02. The number of hydrogen-bond donors (Lipinski definition) is 2. The number of nitrogens with one attached hydrogen (secondary N) is 1. The average molecular weight is 308 g/mol. The lowest BCUT2D eigenvalue weighted by molar-refractivity contribution is 0.0690. The molecule has 6 heteroatoms. The lowest BCUT2D eigenvalue weighted by Crippen LogP contribution is -2.45. The fourth-order valence-electron chi connectivity index (χ4n) is 3.47. The molecule has 1 aromatic heterocycles. The molecule has 0 saturated heterocycles. The van der Waals surface area contributed by atoms with E-state index in [2.05, 4.69) is 29.5 Å². The van der Waals surface area contributed by atoms with Crippen LogP contribution in [0, 0.1) is 0 Å². The zero-order valence-corrected chi connectivity index (χ0v) is 13.7. The Hall–Kier alpha value is -1.43. The molecule has 0 bridgehead atoms. The van der Waals surface area contributed by atoms with E-state index >= 15 is 0 Å². The number of hydrogen-bond acceptors (Lipinski definition) is 4. The van der Waals surface area contributed by atoms with Gasteiger partial charge < -0.3 is 10.4 Å². The van der Waals surface area contributed by atoms with Crippen molar-refractivity contribution < 1.29 is 9.90 Å². The van der Waals surface area contributed by atoms with Gasteiger partial charge in [-0.3, -0.25) is 0 Å². The summed E-state index contributed by atoms with van der Waals surface area (Å²) in [5.41, 5.74) is 0.0305. The minimum absolute atomic E-state index is 0.0305. The first kappa shape index (κ1) is 16.9. The molecule has 6 nitrogen and oxygen atoms in total. The summed E-state index contributed by atoms with van der Waals surface area (Å²) in [7, 11) is 0. The number of carboxylic acids is 1. The highest BCUT2D eigenvalue weighted by atomic mass is 16.4. The van der Waals surface area contributed by atoms with Gasteiger partial charge in [0.1, 0.15) is 0 Å². The van der Waals surface area contributed by atoms with Crippen molar-refractivity contribution in [3.05, 3.63) is 11.9 Å². The minimum atomic E-state index is -1.01. The Labute approximate surface area is 132 Å². The van der Waals surface area contributed by atoms with Gasteiger partial charge in [-0.1, -0.05) is 44.7 Å². The lowest BCUT2D eigenvalue weighted by atomic mass is 9.89. The molecule has 0 unspecified atom stereocenters. The van der Waals surface area contributed by atoms with Crippen molar-refractivity contribution in [1.29, 1.82) is 0 Å². The van der Waals surface area contributed by atoms with Crippen molar-refractivity contribution in [3.8, 4) is 0 Å². The zero-order valence-electron chi connectivity index (χ0n) is 13.7. The third kappa shape index (κ3) is 4.29. The molecule has 1 heterocycles. The fourth-order valence-corrected chi connectivity index (χ4v) is 3.47. The van der Waals surface area contributed by atoms with Gasteiger partial charge in [0.2, 0.25) is 0 Å². The molecule has 0 amide bonds. The van der Waals surface area contributed by atoms with Crippen LogP contribution < -0.4 is 5.32 Å². The Morgan fingerprint density at radius 1 is 1.36 bits per heavy atom. The molecule has 22 heavy (non-hydrogen) atoms. The minimum Gasteiger partial charge on any atom is -0.476 e. The summed E-state index contributed by atoms with van der Waals surface area (Å²) in [6.07, 6.45) is 10.9. The molecule has 1 saturated carbocycles. The molecule has 2 atom stereocenters. The molecule has 1 fully saturated rings. The molecule has 0 aliphatic heterocycles. The molecular weight excluding hydrogens is 280 g/mol. The van der Waals surface area contributed by atoms with Crippen LogP contribution in [0.15, 0.2) is 6.20 Å². The Bertz CT molecular complexity index is 468. The van der Waals surface area contributed by atoms with Crippen molar-refractivity contribution in [2.75, 3.05) is 0 Å². The fraction of sp³-hybridized carbons (Fsp3) is 0.812. The third-order valence-electron chi connectivity index (χ3n) is 4.52. The van der Waals surface area contributed by atoms with Crippen LogP contribution in [0.5, 0.6) is 0 Å². The van der Waals surface area contributed by atoms with Gasteiger partial charge in [0, 0.05) is 12.1 Å². The van der Waals surface area contributed by atoms with E-state index < -0.39 is 5.97 Å². The first-order valence-electron chi connectivity index (χ1n) is 8.56. The van der Waals surface area contributed by atoms with Gasteiger partial charge >= 0.3 is 5.97 Å². The van der Waals surface area contributed by atoms with Gasteiger partial charge in [-0.25, -0.2) is 9.48 Å². The van der Waals surface area contributed by atoms with E-state index in [1.807, 2.05) is 0 Å². The van der Waals surface area contributed by atoms with Crippen molar-refractivity contribution in [2.24, 2.45) is 0 Å². The number of aromatic nitrogens is 3. The molecule has 124 valence electrons. The first-order chi connectivity index (χ1) is 10.7. The predicted molar refractivity (Wildman–Crippen MR) is 85.0 cm³/mol. The Balaban J connectivity index is 2.07. The van der Waals surface area contributed by atoms with E-state index in [4.69, 9.17) is 5.11 Å². The molecule has 1 aromatic rings. The van der Waals surface area contributed by atoms with Gasteiger partial charge in [-0.05, 0) is 25.7 Å². The van der Waals surface area contributed by atoms with Crippen molar-refractivity contribution in [1.82, 2.24) is 20.3 Å². The van der Waals surface area contributed by atoms with Crippen LogP contribution in [0.3, 0.4) is 0 Å². The van der Waals surface area contributed by atoms with Gasteiger partial charge in [0.15, 0.2) is 5.69 Å². The average Bonchev–Trinajstić information content (AvgIpc) is 2.98. The molecule has 2 N–H and O–H groups in total. The van der Waals surface area contributed by atoms with Gasteiger partial charge in [-0.15, -0.1) is 5.10 Å². The van der Waals surface area contributed by atoms with Gasteiger partial charge in [0.05, 0.1) is 12.2 Å². The second kappa shape index (κ2) is 8.27.